The fourth-order valence-corrected chi connectivity index (χ4v) is 3.32. The summed E-state index contributed by atoms with van der Waals surface area (Å²) in [5.41, 5.74) is 0.603. The smallest absolute Gasteiger partial charge is 0.240 e. The van der Waals surface area contributed by atoms with Gasteiger partial charge in [0.15, 0.2) is 0 Å². The van der Waals surface area contributed by atoms with Crippen LogP contribution in [0.1, 0.15) is 6.92 Å². The maximum Gasteiger partial charge on any atom is 0.240 e. The summed E-state index contributed by atoms with van der Waals surface area (Å²) in [7, 11) is -2.08. The molecule has 0 unspecified atom stereocenters. The summed E-state index contributed by atoms with van der Waals surface area (Å²) >= 11 is 0. The first-order valence-electron chi connectivity index (χ1n) is 7.41. The lowest BCUT2D eigenvalue weighted by molar-refractivity contribution is -0.116. The van der Waals surface area contributed by atoms with Crippen molar-refractivity contribution in [2.45, 2.75) is 11.8 Å². The number of carbonyl (C=O) groups is 1. The molecule has 7 heteroatoms. The SMILES string of the molecule is COc1ccccc1N(CCNS(=O)(=O)c1ccccc1)C(C)=O. The molecule has 0 saturated carbocycles. The molecule has 0 aliphatic carbocycles. The monoisotopic (exact) mass is 348 g/mol. The van der Waals surface area contributed by atoms with Crippen LogP contribution in [0.5, 0.6) is 5.75 Å². The van der Waals surface area contributed by atoms with Gasteiger partial charge in [0.25, 0.3) is 0 Å². The minimum Gasteiger partial charge on any atom is -0.495 e. The third kappa shape index (κ3) is 4.33. The highest BCUT2D eigenvalue weighted by Crippen LogP contribution is 2.27. The van der Waals surface area contributed by atoms with Crippen LogP contribution in [0.3, 0.4) is 0 Å². The molecular weight excluding hydrogens is 328 g/mol. The summed E-state index contributed by atoms with van der Waals surface area (Å²) in [5, 5.41) is 0. The summed E-state index contributed by atoms with van der Waals surface area (Å²) < 4.78 is 32.2. The Bertz CT molecular complexity index is 791. The first-order valence-corrected chi connectivity index (χ1v) is 8.90. The van der Waals surface area contributed by atoms with Crippen LogP contribution in [-0.2, 0) is 14.8 Å². The molecule has 24 heavy (non-hydrogen) atoms. The molecular formula is C17H20N2O4S. The summed E-state index contributed by atoms with van der Waals surface area (Å²) in [5.74, 6) is 0.358. The van der Waals surface area contributed by atoms with E-state index in [1.165, 1.54) is 31.1 Å². The summed E-state index contributed by atoms with van der Waals surface area (Å²) in [6.45, 7) is 1.72. The molecule has 0 fully saturated rings. The predicted octanol–water partition coefficient (Wildman–Crippen LogP) is 2.03. The highest BCUT2D eigenvalue weighted by Gasteiger charge is 2.18. The van der Waals surface area contributed by atoms with Crippen LogP contribution < -0.4 is 14.4 Å². The van der Waals surface area contributed by atoms with Crippen molar-refractivity contribution in [3.8, 4) is 5.75 Å². The topological polar surface area (TPSA) is 75.7 Å². The summed E-state index contributed by atoms with van der Waals surface area (Å²) in [6.07, 6.45) is 0. The number of ether oxygens (including phenoxy) is 1. The average Bonchev–Trinajstić information content (AvgIpc) is 2.59. The van der Waals surface area contributed by atoms with E-state index in [1.54, 1.807) is 42.5 Å². The van der Waals surface area contributed by atoms with Gasteiger partial charge in [-0.3, -0.25) is 4.79 Å². The van der Waals surface area contributed by atoms with Crippen LogP contribution in [0.25, 0.3) is 0 Å². The Kier molecular flexibility index (Phi) is 5.94. The van der Waals surface area contributed by atoms with Gasteiger partial charge in [-0.15, -0.1) is 0 Å². The second-order valence-corrected chi connectivity index (χ2v) is 6.82. The third-order valence-electron chi connectivity index (χ3n) is 3.44. The predicted molar refractivity (Wildman–Crippen MR) is 92.7 cm³/mol. The van der Waals surface area contributed by atoms with E-state index in [0.717, 1.165) is 0 Å². The van der Waals surface area contributed by atoms with E-state index in [-0.39, 0.29) is 23.9 Å². The number of rotatable bonds is 7. The molecule has 0 bridgehead atoms. The van der Waals surface area contributed by atoms with E-state index in [1.807, 2.05) is 0 Å². The van der Waals surface area contributed by atoms with Gasteiger partial charge in [-0.2, -0.15) is 0 Å². The standard InChI is InChI=1S/C17H20N2O4S/c1-14(20)19(16-10-6-7-11-17(16)23-2)13-12-18-24(21,22)15-8-4-3-5-9-15/h3-11,18H,12-13H2,1-2H3. The number of benzene rings is 2. The van der Waals surface area contributed by atoms with Crippen molar-refractivity contribution in [1.82, 2.24) is 4.72 Å². The highest BCUT2D eigenvalue weighted by atomic mass is 32.2. The normalized spacial score (nSPS) is 11.1. The lowest BCUT2D eigenvalue weighted by atomic mass is 10.2. The van der Waals surface area contributed by atoms with Gasteiger partial charge in [-0.05, 0) is 24.3 Å². The van der Waals surface area contributed by atoms with Crippen LogP contribution in [0.2, 0.25) is 0 Å². The Morgan fingerprint density at radius 3 is 2.33 bits per heavy atom. The van der Waals surface area contributed by atoms with E-state index in [4.69, 9.17) is 4.74 Å². The van der Waals surface area contributed by atoms with E-state index in [9.17, 15) is 13.2 Å². The first-order chi connectivity index (χ1) is 11.5. The molecule has 0 aliphatic heterocycles. The molecule has 128 valence electrons. The van der Waals surface area contributed by atoms with Crippen molar-refractivity contribution in [3.05, 3.63) is 54.6 Å². The van der Waals surface area contributed by atoms with E-state index in [0.29, 0.717) is 11.4 Å². The van der Waals surface area contributed by atoms with Gasteiger partial charge in [0.05, 0.1) is 17.7 Å². The van der Waals surface area contributed by atoms with Crippen LogP contribution in [0, 0.1) is 0 Å². The number of amides is 1. The first kappa shape index (κ1) is 18.0. The Morgan fingerprint density at radius 2 is 1.71 bits per heavy atom. The number of methoxy groups -OCH3 is 1. The van der Waals surface area contributed by atoms with Gasteiger partial charge in [-0.25, -0.2) is 13.1 Å². The van der Waals surface area contributed by atoms with Crippen molar-refractivity contribution >= 4 is 21.6 Å². The minimum absolute atomic E-state index is 0.0921. The van der Waals surface area contributed by atoms with Crippen molar-refractivity contribution in [3.63, 3.8) is 0 Å². The van der Waals surface area contributed by atoms with Crippen molar-refractivity contribution in [2.24, 2.45) is 0 Å². The number of nitrogens with zero attached hydrogens (tertiary/aromatic N) is 1. The summed E-state index contributed by atoms with van der Waals surface area (Å²) in [6, 6.07) is 15.2. The molecule has 0 spiro atoms. The van der Waals surface area contributed by atoms with Crippen LogP contribution in [0.4, 0.5) is 5.69 Å². The highest BCUT2D eigenvalue weighted by molar-refractivity contribution is 7.89. The Labute approximate surface area is 142 Å². The van der Waals surface area contributed by atoms with Crippen LogP contribution in [0.15, 0.2) is 59.5 Å². The van der Waals surface area contributed by atoms with Gasteiger partial charge in [0.2, 0.25) is 15.9 Å². The molecule has 1 amide bonds. The molecule has 0 saturated heterocycles. The molecule has 0 heterocycles. The average molecular weight is 348 g/mol. The maximum absolute atomic E-state index is 12.2. The lowest BCUT2D eigenvalue weighted by Gasteiger charge is -2.23. The molecule has 2 rings (SSSR count). The fraction of sp³-hybridized carbons (Fsp3) is 0.235. The molecule has 6 nitrogen and oxygen atoms in total. The molecule has 0 aliphatic rings. The van der Waals surface area contributed by atoms with Gasteiger partial charge >= 0.3 is 0 Å². The maximum atomic E-state index is 12.2. The van der Waals surface area contributed by atoms with Gasteiger partial charge in [-0.1, -0.05) is 30.3 Å². The quantitative estimate of drug-likeness (QED) is 0.831. The van der Waals surface area contributed by atoms with Gasteiger partial charge < -0.3 is 9.64 Å². The molecule has 0 radical (unpaired) electrons. The Morgan fingerprint density at radius 1 is 1.08 bits per heavy atom. The largest absolute Gasteiger partial charge is 0.495 e. The summed E-state index contributed by atoms with van der Waals surface area (Å²) in [4.78, 5) is 13.6. The van der Waals surface area contributed by atoms with Crippen molar-refractivity contribution < 1.29 is 17.9 Å². The zero-order valence-corrected chi connectivity index (χ0v) is 14.4. The Balaban J connectivity index is 2.09. The fourth-order valence-electron chi connectivity index (χ4n) is 2.28. The second-order valence-electron chi connectivity index (χ2n) is 5.05. The third-order valence-corrected chi connectivity index (χ3v) is 4.91. The molecule has 2 aromatic rings. The number of hydrogen-bond acceptors (Lipinski definition) is 4. The number of para-hydroxylation sites is 2. The van der Waals surface area contributed by atoms with Crippen LogP contribution >= 0.6 is 0 Å². The number of hydrogen-bond donors (Lipinski definition) is 1. The molecule has 2 aromatic carbocycles. The Hall–Kier alpha value is -2.38. The zero-order valence-electron chi connectivity index (χ0n) is 13.6. The van der Waals surface area contributed by atoms with E-state index >= 15 is 0 Å². The van der Waals surface area contributed by atoms with Gasteiger partial charge in [0, 0.05) is 20.0 Å². The van der Waals surface area contributed by atoms with E-state index in [2.05, 4.69) is 4.72 Å². The number of sulfonamides is 1. The number of anilines is 1. The van der Waals surface area contributed by atoms with E-state index < -0.39 is 10.0 Å². The van der Waals surface area contributed by atoms with Crippen molar-refractivity contribution in [1.29, 1.82) is 0 Å². The minimum atomic E-state index is -3.60. The zero-order chi connectivity index (χ0) is 17.6. The molecule has 1 N–H and O–H groups in total. The van der Waals surface area contributed by atoms with Crippen molar-refractivity contribution in [2.75, 3.05) is 25.1 Å². The van der Waals surface area contributed by atoms with Crippen LogP contribution in [-0.4, -0.2) is 34.5 Å². The van der Waals surface area contributed by atoms with Gasteiger partial charge in [0.1, 0.15) is 5.75 Å². The number of carbonyl (C=O) groups excluding carboxylic acids is 1. The number of nitrogens with one attached hydrogen (secondary N) is 1. The molecule has 0 aromatic heterocycles. The molecule has 0 atom stereocenters. The lowest BCUT2D eigenvalue weighted by Crippen LogP contribution is -2.37. The second kappa shape index (κ2) is 7.94.